The molecule has 1 rings (SSSR count). The molecule has 0 aromatic heterocycles. The van der Waals surface area contributed by atoms with Crippen molar-refractivity contribution < 1.29 is 18.3 Å². The molecule has 0 unspecified atom stereocenters. The van der Waals surface area contributed by atoms with E-state index >= 15 is 0 Å². The standard InChI is InChI=1S/C7H11IO4S/c8-6(10)7(5-9)1-3-13(11,12)4-2-7/h9H,1-5H2. The number of carbonyl (C=O) groups excluding carboxylic acids is 1. The van der Waals surface area contributed by atoms with Crippen molar-refractivity contribution in [3.8, 4) is 0 Å². The Bertz CT molecular complexity index is 294. The van der Waals surface area contributed by atoms with Crippen LogP contribution in [0.3, 0.4) is 0 Å². The molecule has 6 heteroatoms. The highest BCUT2D eigenvalue weighted by Crippen LogP contribution is 2.35. The van der Waals surface area contributed by atoms with Gasteiger partial charge in [-0.1, -0.05) is 0 Å². The third kappa shape index (κ3) is 2.41. The Labute approximate surface area is 90.8 Å². The van der Waals surface area contributed by atoms with E-state index in [9.17, 15) is 13.2 Å². The van der Waals surface area contributed by atoms with Crippen LogP contribution in [0, 0.1) is 5.41 Å². The van der Waals surface area contributed by atoms with Crippen LogP contribution < -0.4 is 0 Å². The van der Waals surface area contributed by atoms with E-state index in [1.54, 1.807) is 22.6 Å². The third-order valence-corrected chi connectivity index (χ3v) is 5.30. The molecule has 4 nitrogen and oxygen atoms in total. The van der Waals surface area contributed by atoms with Crippen LogP contribution in [0.4, 0.5) is 0 Å². The fourth-order valence-corrected chi connectivity index (χ4v) is 3.66. The highest BCUT2D eigenvalue weighted by molar-refractivity contribution is 14.1. The Morgan fingerprint density at radius 2 is 1.85 bits per heavy atom. The van der Waals surface area contributed by atoms with Gasteiger partial charge in [-0.3, -0.25) is 4.79 Å². The van der Waals surface area contributed by atoms with Crippen LogP contribution in [0.1, 0.15) is 12.8 Å². The molecule has 0 amide bonds. The molecule has 76 valence electrons. The number of hydrogen-bond acceptors (Lipinski definition) is 4. The highest BCUT2D eigenvalue weighted by atomic mass is 127. The van der Waals surface area contributed by atoms with Crippen LogP contribution in [0.2, 0.25) is 0 Å². The quantitative estimate of drug-likeness (QED) is 0.581. The van der Waals surface area contributed by atoms with Gasteiger partial charge in [-0.25, -0.2) is 8.42 Å². The molecule has 1 saturated heterocycles. The first-order chi connectivity index (χ1) is 5.92. The first kappa shape index (κ1) is 11.4. The lowest BCUT2D eigenvalue weighted by Gasteiger charge is -2.31. The molecule has 0 bridgehead atoms. The molecular weight excluding hydrogens is 307 g/mol. The Hall–Kier alpha value is 0.310. The molecule has 1 aliphatic heterocycles. The van der Waals surface area contributed by atoms with Crippen LogP contribution in [-0.2, 0) is 14.6 Å². The van der Waals surface area contributed by atoms with E-state index in [1.807, 2.05) is 0 Å². The lowest BCUT2D eigenvalue weighted by atomic mass is 9.85. The smallest absolute Gasteiger partial charge is 0.200 e. The van der Waals surface area contributed by atoms with Gasteiger partial charge in [-0.05, 0) is 12.8 Å². The van der Waals surface area contributed by atoms with Gasteiger partial charge < -0.3 is 5.11 Å². The topological polar surface area (TPSA) is 71.4 Å². The summed E-state index contributed by atoms with van der Waals surface area (Å²) in [7, 11) is -2.96. The average Bonchev–Trinajstić information content (AvgIpc) is 2.05. The average molecular weight is 318 g/mol. The first-order valence-electron chi connectivity index (χ1n) is 3.93. The molecule has 0 atom stereocenters. The number of aliphatic hydroxyl groups excluding tert-OH is 1. The Morgan fingerprint density at radius 1 is 1.38 bits per heavy atom. The summed E-state index contributed by atoms with van der Waals surface area (Å²) in [6.45, 7) is -0.246. The van der Waals surface area contributed by atoms with E-state index in [0.29, 0.717) is 0 Å². The Balaban J connectivity index is 2.81. The summed E-state index contributed by atoms with van der Waals surface area (Å²) in [6, 6.07) is 0. The van der Waals surface area contributed by atoms with Crippen LogP contribution >= 0.6 is 22.6 Å². The second kappa shape index (κ2) is 3.82. The predicted octanol–water partition coefficient (Wildman–Crippen LogP) is 0.135. The van der Waals surface area contributed by atoms with E-state index in [4.69, 9.17) is 5.11 Å². The van der Waals surface area contributed by atoms with E-state index in [2.05, 4.69) is 0 Å². The number of hydrogen-bond donors (Lipinski definition) is 1. The third-order valence-electron chi connectivity index (χ3n) is 2.50. The largest absolute Gasteiger partial charge is 0.395 e. The number of aliphatic hydroxyl groups is 1. The van der Waals surface area contributed by atoms with Gasteiger partial charge in [0.25, 0.3) is 0 Å². The molecule has 0 radical (unpaired) electrons. The van der Waals surface area contributed by atoms with Gasteiger partial charge in [0, 0.05) is 22.6 Å². The molecule has 0 aromatic carbocycles. The van der Waals surface area contributed by atoms with Crippen molar-refractivity contribution in [2.45, 2.75) is 12.8 Å². The van der Waals surface area contributed by atoms with Crippen molar-refractivity contribution in [2.75, 3.05) is 18.1 Å². The van der Waals surface area contributed by atoms with Gasteiger partial charge >= 0.3 is 0 Å². The summed E-state index contributed by atoms with van der Waals surface area (Å²) in [4.78, 5) is 11.2. The van der Waals surface area contributed by atoms with E-state index in [-0.39, 0.29) is 34.7 Å². The summed E-state index contributed by atoms with van der Waals surface area (Å²) < 4.78 is 22.0. The van der Waals surface area contributed by atoms with Gasteiger partial charge in [0.15, 0.2) is 0 Å². The van der Waals surface area contributed by atoms with Crippen LogP contribution in [0.15, 0.2) is 0 Å². The maximum atomic E-state index is 11.2. The molecular formula is C7H11IO4S. The van der Waals surface area contributed by atoms with Crippen molar-refractivity contribution in [1.29, 1.82) is 0 Å². The van der Waals surface area contributed by atoms with Gasteiger partial charge in [-0.2, -0.15) is 0 Å². The lowest BCUT2D eigenvalue weighted by Crippen LogP contribution is -2.40. The second-order valence-electron chi connectivity index (χ2n) is 3.36. The zero-order valence-corrected chi connectivity index (χ0v) is 9.97. The number of sulfone groups is 1. The lowest BCUT2D eigenvalue weighted by molar-refractivity contribution is -0.120. The van der Waals surface area contributed by atoms with Crippen LogP contribution in [0.25, 0.3) is 0 Å². The normalized spacial score (nSPS) is 25.4. The number of carbonyl (C=O) groups is 1. The van der Waals surface area contributed by atoms with Crippen molar-refractivity contribution in [3.05, 3.63) is 0 Å². The minimum atomic E-state index is -2.96. The van der Waals surface area contributed by atoms with E-state index < -0.39 is 15.3 Å². The summed E-state index contributed by atoms with van der Waals surface area (Å²) in [6.07, 6.45) is 0.515. The fraction of sp³-hybridized carbons (Fsp3) is 0.857. The zero-order chi connectivity index (χ0) is 10.1. The summed E-state index contributed by atoms with van der Waals surface area (Å²) in [5, 5.41) is 9.06. The molecule has 13 heavy (non-hydrogen) atoms. The summed E-state index contributed by atoms with van der Waals surface area (Å²) in [5.74, 6) is 0.0323. The van der Waals surface area contributed by atoms with Crippen LogP contribution in [-0.4, -0.2) is 35.4 Å². The van der Waals surface area contributed by atoms with E-state index in [1.165, 1.54) is 0 Å². The first-order valence-corrected chi connectivity index (χ1v) is 6.83. The van der Waals surface area contributed by atoms with E-state index in [0.717, 1.165) is 0 Å². The zero-order valence-electron chi connectivity index (χ0n) is 6.99. The Morgan fingerprint density at radius 3 is 2.15 bits per heavy atom. The molecule has 1 aliphatic rings. The monoisotopic (exact) mass is 318 g/mol. The molecule has 1 heterocycles. The minimum Gasteiger partial charge on any atom is -0.395 e. The maximum Gasteiger partial charge on any atom is 0.200 e. The highest BCUT2D eigenvalue weighted by Gasteiger charge is 2.41. The van der Waals surface area contributed by atoms with Crippen molar-refractivity contribution in [1.82, 2.24) is 0 Å². The van der Waals surface area contributed by atoms with Crippen molar-refractivity contribution in [3.63, 3.8) is 0 Å². The molecule has 0 aliphatic carbocycles. The fourth-order valence-electron chi connectivity index (χ4n) is 1.35. The molecule has 1 N–H and O–H groups in total. The summed E-state index contributed by atoms with van der Waals surface area (Å²) in [5.41, 5.74) is -0.800. The Kier molecular flexibility index (Phi) is 3.34. The minimum absolute atomic E-state index is 0.0162. The molecule has 0 spiro atoms. The van der Waals surface area contributed by atoms with Crippen molar-refractivity contribution >= 4 is 36.2 Å². The SMILES string of the molecule is O=C(I)C1(CO)CCS(=O)(=O)CC1. The number of halogens is 1. The second-order valence-corrected chi connectivity index (χ2v) is 6.65. The predicted molar refractivity (Wildman–Crippen MR) is 56.4 cm³/mol. The summed E-state index contributed by atoms with van der Waals surface area (Å²) >= 11 is 1.63. The molecule has 1 fully saturated rings. The maximum absolute atomic E-state index is 11.2. The van der Waals surface area contributed by atoms with Gasteiger partial charge in [0.05, 0.1) is 23.5 Å². The van der Waals surface area contributed by atoms with Gasteiger partial charge in [0.2, 0.25) is 3.79 Å². The van der Waals surface area contributed by atoms with Crippen molar-refractivity contribution in [2.24, 2.45) is 5.41 Å². The van der Waals surface area contributed by atoms with Gasteiger partial charge in [0.1, 0.15) is 9.84 Å². The number of rotatable bonds is 2. The molecule has 0 aromatic rings. The van der Waals surface area contributed by atoms with Crippen LogP contribution in [0.5, 0.6) is 0 Å². The molecule has 0 saturated carbocycles. The van der Waals surface area contributed by atoms with Gasteiger partial charge in [-0.15, -0.1) is 0 Å².